The number of benzene rings is 2. The Morgan fingerprint density at radius 3 is 2.80 bits per heavy atom. The third-order valence-electron chi connectivity index (χ3n) is 5.12. The van der Waals surface area contributed by atoms with Crippen molar-refractivity contribution >= 4 is 39.8 Å². The predicted octanol–water partition coefficient (Wildman–Crippen LogP) is 3.31. The van der Waals surface area contributed by atoms with E-state index in [-0.39, 0.29) is 17.9 Å². The Balaban J connectivity index is 1.39. The highest BCUT2D eigenvalue weighted by Crippen LogP contribution is 2.30. The van der Waals surface area contributed by atoms with Crippen LogP contribution in [0.1, 0.15) is 12.8 Å². The number of hydrogen-bond donors (Lipinski definition) is 1. The molecule has 1 N–H and O–H groups in total. The Bertz CT molecular complexity index is 1110. The zero-order chi connectivity index (χ0) is 20.9. The summed E-state index contributed by atoms with van der Waals surface area (Å²) < 4.78 is 6.96. The zero-order valence-corrected chi connectivity index (χ0v) is 17.3. The lowest BCUT2D eigenvalue weighted by Gasteiger charge is -2.30. The molecule has 3 aromatic rings. The number of carbonyl (C=O) groups excluding carboxylic acids is 1. The smallest absolute Gasteiger partial charge is 0.261 e. The summed E-state index contributed by atoms with van der Waals surface area (Å²) in [5.41, 5.74) is 2.21. The Morgan fingerprint density at radius 2 is 1.97 bits per heavy atom. The zero-order valence-electron chi connectivity index (χ0n) is 16.5. The van der Waals surface area contributed by atoms with Crippen LogP contribution in [0.3, 0.4) is 0 Å². The second-order valence-electron chi connectivity index (χ2n) is 7.17. The summed E-state index contributed by atoms with van der Waals surface area (Å²) in [5.74, 6) is -0.117. The maximum atomic E-state index is 12.5. The maximum Gasteiger partial charge on any atom is 0.261 e. The number of nitrogens with one attached hydrogen (secondary N) is 1. The lowest BCUT2D eigenvalue weighted by Crippen LogP contribution is -2.36. The topological polar surface area (TPSA) is 76.5 Å². The van der Waals surface area contributed by atoms with Gasteiger partial charge in [0.1, 0.15) is 0 Å². The second kappa shape index (κ2) is 9.28. The van der Waals surface area contributed by atoms with Gasteiger partial charge in [-0.2, -0.15) is 0 Å². The molecule has 30 heavy (non-hydrogen) atoms. The van der Waals surface area contributed by atoms with E-state index < -0.39 is 0 Å². The number of nitrogens with zero attached hydrogens (tertiary/aromatic N) is 3. The first-order valence-corrected chi connectivity index (χ1v) is 10.4. The van der Waals surface area contributed by atoms with E-state index in [4.69, 9.17) is 16.3 Å². The van der Waals surface area contributed by atoms with Crippen molar-refractivity contribution in [2.45, 2.75) is 19.4 Å². The Kier molecular flexibility index (Phi) is 6.30. The minimum absolute atomic E-state index is 0.0922. The molecule has 0 bridgehead atoms. The molecule has 1 aliphatic heterocycles. The number of ether oxygens (including phenoxy) is 1. The number of aromatic nitrogens is 2. The molecule has 0 unspecified atom stereocenters. The van der Waals surface area contributed by atoms with E-state index in [0.29, 0.717) is 47.8 Å². The van der Waals surface area contributed by atoms with Crippen LogP contribution in [-0.4, -0.2) is 41.8 Å². The number of amides is 1. The minimum atomic E-state index is -0.117. The molecule has 4 rings (SSSR count). The number of rotatable bonds is 6. The molecule has 0 aliphatic carbocycles. The lowest BCUT2D eigenvalue weighted by molar-refractivity contribution is -0.116. The first kappa shape index (κ1) is 20.4. The van der Waals surface area contributed by atoms with Crippen molar-refractivity contribution in [2.75, 3.05) is 36.5 Å². The van der Waals surface area contributed by atoms with Gasteiger partial charge in [-0.05, 0) is 36.8 Å². The second-order valence-corrected chi connectivity index (χ2v) is 7.61. The number of hydrogen-bond acceptors (Lipinski definition) is 5. The third kappa shape index (κ3) is 4.63. The van der Waals surface area contributed by atoms with Crippen LogP contribution in [0.5, 0.6) is 0 Å². The minimum Gasteiger partial charge on any atom is -0.378 e. The van der Waals surface area contributed by atoms with Crippen molar-refractivity contribution in [3.63, 3.8) is 0 Å². The summed E-state index contributed by atoms with van der Waals surface area (Å²) in [6.07, 6.45) is 2.35. The van der Waals surface area contributed by atoms with Gasteiger partial charge >= 0.3 is 0 Å². The highest BCUT2D eigenvalue weighted by Gasteiger charge is 2.16. The number of morpholine rings is 1. The fourth-order valence-corrected chi connectivity index (χ4v) is 3.75. The molecule has 1 saturated heterocycles. The molecular weight excluding hydrogens is 404 g/mol. The monoisotopic (exact) mass is 426 g/mol. The first-order chi connectivity index (χ1) is 14.6. The van der Waals surface area contributed by atoms with Crippen LogP contribution in [0.4, 0.5) is 11.4 Å². The van der Waals surface area contributed by atoms with Crippen LogP contribution in [0, 0.1) is 0 Å². The van der Waals surface area contributed by atoms with Crippen LogP contribution in [0.2, 0.25) is 5.02 Å². The van der Waals surface area contributed by atoms with Crippen LogP contribution in [0.25, 0.3) is 10.9 Å². The number of carbonyl (C=O) groups is 1. The molecule has 7 nitrogen and oxygen atoms in total. The van der Waals surface area contributed by atoms with Crippen LogP contribution >= 0.6 is 11.6 Å². The Hall–Kier alpha value is -2.90. The van der Waals surface area contributed by atoms with E-state index in [1.54, 1.807) is 16.7 Å². The van der Waals surface area contributed by atoms with Gasteiger partial charge in [-0.1, -0.05) is 23.7 Å². The molecule has 8 heteroatoms. The number of para-hydroxylation sites is 1. The van der Waals surface area contributed by atoms with Gasteiger partial charge in [-0.3, -0.25) is 14.2 Å². The molecule has 0 atom stereocenters. The van der Waals surface area contributed by atoms with Crippen LogP contribution in [0.15, 0.2) is 53.6 Å². The summed E-state index contributed by atoms with van der Waals surface area (Å²) in [7, 11) is 0. The van der Waals surface area contributed by atoms with Crippen molar-refractivity contribution in [1.29, 1.82) is 0 Å². The van der Waals surface area contributed by atoms with E-state index in [9.17, 15) is 9.59 Å². The van der Waals surface area contributed by atoms with Crippen molar-refractivity contribution < 1.29 is 9.53 Å². The Morgan fingerprint density at radius 1 is 1.17 bits per heavy atom. The summed E-state index contributed by atoms with van der Waals surface area (Å²) in [5, 5.41) is 4.12. The average Bonchev–Trinajstić information content (AvgIpc) is 2.76. The quantitative estimate of drug-likeness (QED) is 0.654. The molecule has 0 radical (unpaired) electrons. The Labute approximate surface area is 179 Å². The van der Waals surface area contributed by atoms with Crippen LogP contribution in [-0.2, 0) is 16.1 Å². The van der Waals surface area contributed by atoms with Crippen molar-refractivity contribution in [3.05, 3.63) is 64.2 Å². The van der Waals surface area contributed by atoms with E-state index in [1.807, 2.05) is 30.3 Å². The summed E-state index contributed by atoms with van der Waals surface area (Å²) in [6, 6.07) is 12.8. The molecule has 156 valence electrons. The van der Waals surface area contributed by atoms with Gasteiger partial charge in [0.25, 0.3) is 5.56 Å². The molecule has 1 fully saturated rings. The van der Waals surface area contributed by atoms with Gasteiger partial charge in [0.2, 0.25) is 5.91 Å². The number of aryl methyl sites for hydroxylation is 1. The van der Waals surface area contributed by atoms with E-state index in [0.717, 1.165) is 18.8 Å². The molecule has 2 aromatic carbocycles. The SMILES string of the molecule is O=C(CCCn1cnc2ccccc2c1=O)Nc1cc(Cl)ccc1N1CCOCC1. The van der Waals surface area contributed by atoms with E-state index in [2.05, 4.69) is 15.2 Å². The first-order valence-electron chi connectivity index (χ1n) is 9.98. The summed E-state index contributed by atoms with van der Waals surface area (Å²) >= 11 is 6.15. The molecule has 2 heterocycles. The number of fused-ring (bicyclic) bond motifs is 1. The van der Waals surface area contributed by atoms with Gasteiger partial charge in [-0.25, -0.2) is 4.98 Å². The molecular formula is C22H23ClN4O3. The summed E-state index contributed by atoms with van der Waals surface area (Å²) in [6.45, 7) is 3.27. The third-order valence-corrected chi connectivity index (χ3v) is 5.35. The predicted molar refractivity (Wildman–Crippen MR) is 118 cm³/mol. The lowest BCUT2D eigenvalue weighted by atomic mass is 10.2. The van der Waals surface area contributed by atoms with E-state index in [1.165, 1.54) is 6.33 Å². The fraction of sp³-hybridized carbons (Fsp3) is 0.318. The fourth-order valence-electron chi connectivity index (χ4n) is 3.58. The van der Waals surface area contributed by atoms with E-state index >= 15 is 0 Å². The van der Waals surface area contributed by atoms with Gasteiger partial charge in [0, 0.05) is 31.1 Å². The standard InChI is InChI=1S/C22H23ClN4O3/c23-16-7-8-20(26-10-12-30-13-11-26)19(14-16)25-21(28)6-3-9-27-15-24-18-5-2-1-4-17(18)22(27)29/h1-2,4-5,7-8,14-15H,3,6,9-13H2,(H,25,28). The van der Waals surface area contributed by atoms with Crippen molar-refractivity contribution in [3.8, 4) is 0 Å². The molecule has 1 aliphatic rings. The van der Waals surface area contributed by atoms with Gasteiger partial charge in [0.15, 0.2) is 0 Å². The normalized spacial score (nSPS) is 14.1. The average molecular weight is 427 g/mol. The highest BCUT2D eigenvalue weighted by molar-refractivity contribution is 6.31. The van der Waals surface area contributed by atoms with Crippen molar-refractivity contribution in [1.82, 2.24) is 9.55 Å². The number of anilines is 2. The molecule has 1 amide bonds. The van der Waals surface area contributed by atoms with Crippen molar-refractivity contribution in [2.24, 2.45) is 0 Å². The highest BCUT2D eigenvalue weighted by atomic mass is 35.5. The largest absolute Gasteiger partial charge is 0.378 e. The molecule has 0 saturated carbocycles. The van der Waals surface area contributed by atoms with Gasteiger partial charge in [0.05, 0.1) is 41.8 Å². The van der Waals surface area contributed by atoms with Crippen LogP contribution < -0.4 is 15.8 Å². The van der Waals surface area contributed by atoms with Gasteiger partial charge in [-0.15, -0.1) is 0 Å². The van der Waals surface area contributed by atoms with Gasteiger partial charge < -0.3 is 15.0 Å². The molecule has 1 aromatic heterocycles. The molecule has 0 spiro atoms. The summed E-state index contributed by atoms with van der Waals surface area (Å²) in [4.78, 5) is 31.6. The number of halogens is 1. The maximum absolute atomic E-state index is 12.5.